The maximum absolute atomic E-state index is 14.1. The Morgan fingerprint density at radius 2 is 1.69 bits per heavy atom. The molecule has 0 saturated heterocycles. The van der Waals surface area contributed by atoms with Crippen molar-refractivity contribution < 1.29 is 35.5 Å². The van der Waals surface area contributed by atoms with Crippen LogP contribution in [0.2, 0.25) is 0 Å². The van der Waals surface area contributed by atoms with E-state index in [0.717, 1.165) is 6.07 Å². The van der Waals surface area contributed by atoms with Gasteiger partial charge in [-0.15, -0.1) is 0 Å². The minimum absolute atomic E-state index is 0.0167. The maximum atomic E-state index is 14.1. The first-order chi connectivity index (χ1) is 16.8. The molecule has 0 fully saturated rings. The molecule has 2 heterocycles. The lowest BCUT2D eigenvalue weighted by atomic mass is 9.99. The molecular weight excluding hydrogens is 495 g/mol. The standard InChI is InChI=1S/C23H20F7N5O/c1-22(2)21-33-19(11-7-15(25)18(27)16(26)8-11)20(34(21)5-6-35(22)17(36)10-31)32-12-3-4-14(24)13(9-12)23(28,29)30/h3-4,7-9,32H,5-6,10,31H2,1-2H3. The summed E-state index contributed by atoms with van der Waals surface area (Å²) >= 11 is 0. The van der Waals surface area contributed by atoms with E-state index in [0.29, 0.717) is 24.3 Å². The highest BCUT2D eigenvalue weighted by Crippen LogP contribution is 2.41. The van der Waals surface area contributed by atoms with E-state index in [1.54, 1.807) is 13.8 Å². The molecule has 3 aromatic rings. The largest absolute Gasteiger partial charge is 0.419 e. The monoisotopic (exact) mass is 515 g/mol. The molecular formula is C23H20F7N5O. The van der Waals surface area contributed by atoms with Crippen molar-refractivity contribution in [2.45, 2.75) is 32.1 Å². The number of carbonyl (C=O) groups is 1. The van der Waals surface area contributed by atoms with Gasteiger partial charge in [0.25, 0.3) is 0 Å². The van der Waals surface area contributed by atoms with Crippen LogP contribution in [0.4, 0.5) is 42.2 Å². The van der Waals surface area contributed by atoms with Crippen molar-refractivity contribution >= 4 is 17.4 Å². The summed E-state index contributed by atoms with van der Waals surface area (Å²) in [6, 6.07) is 3.61. The number of rotatable bonds is 4. The molecule has 0 saturated carbocycles. The van der Waals surface area contributed by atoms with Crippen molar-refractivity contribution in [1.82, 2.24) is 14.5 Å². The van der Waals surface area contributed by atoms with Crippen LogP contribution in [0.25, 0.3) is 11.3 Å². The van der Waals surface area contributed by atoms with E-state index in [4.69, 9.17) is 5.73 Å². The van der Waals surface area contributed by atoms with Gasteiger partial charge in [0.05, 0.1) is 17.6 Å². The summed E-state index contributed by atoms with van der Waals surface area (Å²) in [5.41, 5.74) is 2.40. The molecule has 0 bridgehead atoms. The molecule has 1 aromatic heterocycles. The lowest BCUT2D eigenvalue weighted by Crippen LogP contribution is -2.53. The molecule has 192 valence electrons. The molecule has 1 aliphatic rings. The normalized spacial score (nSPS) is 15.1. The first kappa shape index (κ1) is 25.5. The summed E-state index contributed by atoms with van der Waals surface area (Å²) in [6.07, 6.45) is -4.98. The maximum Gasteiger partial charge on any atom is 0.419 e. The fourth-order valence-electron chi connectivity index (χ4n) is 4.26. The van der Waals surface area contributed by atoms with E-state index < -0.39 is 46.5 Å². The summed E-state index contributed by atoms with van der Waals surface area (Å²) in [4.78, 5) is 18.3. The number of nitrogens with one attached hydrogen (secondary N) is 1. The quantitative estimate of drug-likeness (QED) is 0.383. The van der Waals surface area contributed by atoms with Crippen LogP contribution in [0.1, 0.15) is 25.2 Å². The van der Waals surface area contributed by atoms with Crippen LogP contribution in [-0.2, 0) is 23.1 Å². The highest BCUT2D eigenvalue weighted by Gasteiger charge is 2.41. The Hall–Kier alpha value is -3.61. The van der Waals surface area contributed by atoms with Crippen molar-refractivity contribution in [2.75, 3.05) is 18.4 Å². The van der Waals surface area contributed by atoms with Gasteiger partial charge in [-0.1, -0.05) is 0 Å². The van der Waals surface area contributed by atoms with E-state index in [9.17, 15) is 35.5 Å². The topological polar surface area (TPSA) is 76.2 Å². The Kier molecular flexibility index (Phi) is 6.23. The fraction of sp³-hybridized carbons (Fsp3) is 0.304. The predicted molar refractivity (Wildman–Crippen MR) is 116 cm³/mol. The Bertz CT molecular complexity index is 1330. The van der Waals surface area contributed by atoms with Gasteiger partial charge in [-0.25, -0.2) is 22.5 Å². The van der Waals surface area contributed by atoms with Gasteiger partial charge >= 0.3 is 6.18 Å². The number of fused-ring (bicyclic) bond motifs is 1. The van der Waals surface area contributed by atoms with E-state index in [2.05, 4.69) is 10.3 Å². The van der Waals surface area contributed by atoms with E-state index in [1.807, 2.05) is 0 Å². The number of aromatic nitrogens is 2. The number of carbonyl (C=O) groups excluding carboxylic acids is 1. The first-order valence-electron chi connectivity index (χ1n) is 10.7. The number of imidazole rings is 1. The van der Waals surface area contributed by atoms with Gasteiger partial charge < -0.3 is 20.5 Å². The molecule has 0 aliphatic carbocycles. The molecule has 3 N–H and O–H groups in total. The van der Waals surface area contributed by atoms with Gasteiger partial charge in [0.1, 0.15) is 23.2 Å². The molecule has 4 rings (SSSR count). The van der Waals surface area contributed by atoms with Gasteiger partial charge in [0, 0.05) is 24.3 Å². The Balaban J connectivity index is 1.92. The number of hydrogen-bond donors (Lipinski definition) is 2. The van der Waals surface area contributed by atoms with Crippen molar-refractivity contribution in [3.8, 4) is 11.3 Å². The zero-order valence-corrected chi connectivity index (χ0v) is 19.0. The van der Waals surface area contributed by atoms with Crippen molar-refractivity contribution in [3.05, 3.63) is 65.0 Å². The molecule has 6 nitrogen and oxygen atoms in total. The third-order valence-electron chi connectivity index (χ3n) is 6.00. The lowest BCUT2D eigenvalue weighted by molar-refractivity contribution is -0.140. The molecule has 36 heavy (non-hydrogen) atoms. The molecule has 0 radical (unpaired) electrons. The van der Waals surface area contributed by atoms with Crippen LogP contribution in [-0.4, -0.2) is 33.4 Å². The van der Waals surface area contributed by atoms with Crippen LogP contribution in [0.3, 0.4) is 0 Å². The summed E-state index contributed by atoms with van der Waals surface area (Å²) in [6.45, 7) is 3.25. The third-order valence-corrected chi connectivity index (χ3v) is 6.00. The fourth-order valence-corrected chi connectivity index (χ4v) is 4.26. The van der Waals surface area contributed by atoms with E-state index >= 15 is 0 Å². The summed E-state index contributed by atoms with van der Waals surface area (Å²) in [7, 11) is 0. The molecule has 1 aliphatic heterocycles. The van der Waals surface area contributed by atoms with E-state index in [1.165, 1.54) is 9.47 Å². The minimum Gasteiger partial charge on any atom is -0.340 e. The van der Waals surface area contributed by atoms with Crippen molar-refractivity contribution in [1.29, 1.82) is 0 Å². The molecule has 2 aromatic carbocycles. The number of benzene rings is 2. The van der Waals surface area contributed by atoms with Gasteiger partial charge in [-0.3, -0.25) is 4.79 Å². The number of anilines is 2. The van der Waals surface area contributed by atoms with Gasteiger partial charge in [-0.05, 0) is 44.2 Å². The second kappa shape index (κ2) is 8.80. The number of amides is 1. The smallest absolute Gasteiger partial charge is 0.340 e. The number of halogens is 7. The third kappa shape index (κ3) is 4.27. The van der Waals surface area contributed by atoms with Crippen LogP contribution in [0.15, 0.2) is 30.3 Å². The Morgan fingerprint density at radius 3 is 2.28 bits per heavy atom. The lowest BCUT2D eigenvalue weighted by Gasteiger charge is -2.42. The van der Waals surface area contributed by atoms with Gasteiger partial charge in [0.2, 0.25) is 5.91 Å². The summed E-state index contributed by atoms with van der Waals surface area (Å²) in [5, 5.41) is 2.74. The summed E-state index contributed by atoms with van der Waals surface area (Å²) in [5.74, 6) is -6.32. The highest BCUT2D eigenvalue weighted by molar-refractivity contribution is 5.80. The average Bonchev–Trinajstić information content (AvgIpc) is 3.16. The van der Waals surface area contributed by atoms with Gasteiger partial charge in [0.15, 0.2) is 17.5 Å². The second-order valence-corrected chi connectivity index (χ2v) is 8.66. The Morgan fingerprint density at radius 1 is 1.06 bits per heavy atom. The molecule has 0 spiro atoms. The van der Waals surface area contributed by atoms with Crippen LogP contribution >= 0.6 is 0 Å². The average molecular weight is 515 g/mol. The number of alkyl halides is 3. The molecule has 13 heteroatoms. The first-order valence-corrected chi connectivity index (χ1v) is 10.7. The minimum atomic E-state index is -4.98. The Labute approximate surface area is 200 Å². The summed E-state index contributed by atoms with van der Waals surface area (Å²) < 4.78 is 96.8. The zero-order chi connectivity index (χ0) is 26.6. The van der Waals surface area contributed by atoms with Crippen LogP contribution in [0.5, 0.6) is 0 Å². The molecule has 0 atom stereocenters. The number of nitrogens with zero attached hydrogens (tertiary/aromatic N) is 3. The molecule has 0 unspecified atom stereocenters. The second-order valence-electron chi connectivity index (χ2n) is 8.66. The SMILES string of the molecule is CC1(C)c2nc(-c3cc(F)c(F)c(F)c3)c(Nc3ccc(F)c(C(F)(F)F)c3)n2CCN1C(=O)CN. The van der Waals surface area contributed by atoms with Crippen molar-refractivity contribution in [3.63, 3.8) is 0 Å². The number of hydrogen-bond acceptors (Lipinski definition) is 4. The number of nitrogens with two attached hydrogens (primary N) is 1. The van der Waals surface area contributed by atoms with Gasteiger partial charge in [-0.2, -0.15) is 13.2 Å². The van der Waals surface area contributed by atoms with Crippen molar-refractivity contribution in [2.24, 2.45) is 5.73 Å². The highest BCUT2D eigenvalue weighted by atomic mass is 19.4. The zero-order valence-electron chi connectivity index (χ0n) is 19.0. The van der Waals surface area contributed by atoms with Crippen LogP contribution < -0.4 is 11.1 Å². The molecule has 1 amide bonds. The predicted octanol–water partition coefficient (Wildman–Crippen LogP) is 4.90. The van der Waals surface area contributed by atoms with E-state index in [-0.39, 0.29) is 48.2 Å². The van der Waals surface area contributed by atoms with Crippen LogP contribution in [0, 0.1) is 23.3 Å².